The molecule has 1 amide bonds. The van der Waals surface area contributed by atoms with Crippen LogP contribution in [0.1, 0.15) is 32.6 Å². The number of aliphatic hydroxyl groups is 1. The van der Waals surface area contributed by atoms with E-state index in [0.29, 0.717) is 18.8 Å². The second-order valence-corrected chi connectivity index (χ2v) is 4.92. The third-order valence-electron chi connectivity index (χ3n) is 3.23. The molecule has 5 N–H and O–H groups in total. The Morgan fingerprint density at radius 1 is 1.59 bits per heavy atom. The van der Waals surface area contributed by atoms with Crippen molar-refractivity contribution >= 4 is 11.9 Å². The highest BCUT2D eigenvalue weighted by Crippen LogP contribution is 2.30. The van der Waals surface area contributed by atoms with Crippen LogP contribution in [0.25, 0.3) is 0 Å². The Hall–Kier alpha value is -1.14. The largest absolute Gasteiger partial charge is 0.479 e. The van der Waals surface area contributed by atoms with E-state index in [4.69, 9.17) is 15.9 Å². The lowest BCUT2D eigenvalue weighted by molar-refractivity contribution is -0.146. The number of aliphatic carboxylic acids is 1. The summed E-state index contributed by atoms with van der Waals surface area (Å²) in [5, 5.41) is 19.9. The topological polar surface area (TPSA) is 113 Å². The molecule has 0 aliphatic heterocycles. The molecule has 1 rings (SSSR count). The van der Waals surface area contributed by atoms with Gasteiger partial charge < -0.3 is 21.3 Å². The Labute approximate surface area is 100 Å². The van der Waals surface area contributed by atoms with Crippen LogP contribution in [-0.2, 0) is 9.59 Å². The highest BCUT2D eigenvalue weighted by Gasteiger charge is 2.38. The minimum absolute atomic E-state index is 0.304. The molecule has 6 heteroatoms. The third kappa shape index (κ3) is 3.67. The number of amides is 1. The van der Waals surface area contributed by atoms with Gasteiger partial charge in [-0.2, -0.15) is 0 Å². The summed E-state index contributed by atoms with van der Waals surface area (Å²) in [6.45, 7) is 1.74. The number of nitrogens with two attached hydrogens (primary N) is 1. The van der Waals surface area contributed by atoms with Crippen LogP contribution in [0.4, 0.5) is 0 Å². The van der Waals surface area contributed by atoms with Gasteiger partial charge in [0.25, 0.3) is 0 Å². The van der Waals surface area contributed by atoms with E-state index in [2.05, 4.69) is 5.32 Å². The summed E-state index contributed by atoms with van der Waals surface area (Å²) >= 11 is 0. The standard InChI is InChI=1S/C11H20N2O4/c1-7-3-2-4-11(12,5-7)10(17)13-6-8(14)9(15)16/h7-8,14H,2-6,12H2,1H3,(H,13,17)(H,15,16)/t7?,8-,11?/m0/s1. The maximum Gasteiger partial charge on any atom is 0.334 e. The van der Waals surface area contributed by atoms with Gasteiger partial charge in [-0.05, 0) is 18.8 Å². The van der Waals surface area contributed by atoms with Crippen molar-refractivity contribution in [2.24, 2.45) is 11.7 Å². The SMILES string of the molecule is CC1CCCC(N)(C(=O)NC[C@H](O)C(=O)O)C1. The van der Waals surface area contributed by atoms with Crippen LogP contribution in [0.2, 0.25) is 0 Å². The van der Waals surface area contributed by atoms with E-state index < -0.39 is 17.6 Å². The van der Waals surface area contributed by atoms with Crippen LogP contribution in [0.5, 0.6) is 0 Å². The average molecular weight is 244 g/mol. The van der Waals surface area contributed by atoms with Crippen molar-refractivity contribution in [3.05, 3.63) is 0 Å². The van der Waals surface area contributed by atoms with E-state index in [1.165, 1.54) is 0 Å². The summed E-state index contributed by atoms with van der Waals surface area (Å²) in [6, 6.07) is 0. The van der Waals surface area contributed by atoms with Crippen LogP contribution in [0.3, 0.4) is 0 Å². The van der Waals surface area contributed by atoms with E-state index in [1.807, 2.05) is 6.92 Å². The van der Waals surface area contributed by atoms with Crippen LogP contribution in [-0.4, -0.2) is 40.3 Å². The number of hydrogen-bond donors (Lipinski definition) is 4. The smallest absolute Gasteiger partial charge is 0.334 e. The minimum atomic E-state index is -1.58. The van der Waals surface area contributed by atoms with Crippen molar-refractivity contribution in [1.29, 1.82) is 0 Å². The first-order valence-electron chi connectivity index (χ1n) is 5.83. The van der Waals surface area contributed by atoms with E-state index in [-0.39, 0.29) is 12.5 Å². The highest BCUT2D eigenvalue weighted by atomic mass is 16.4. The molecule has 1 fully saturated rings. The van der Waals surface area contributed by atoms with Gasteiger partial charge in [0.2, 0.25) is 5.91 Å². The number of carboxylic acid groups (broad SMARTS) is 1. The molecule has 98 valence electrons. The zero-order valence-corrected chi connectivity index (χ0v) is 9.98. The van der Waals surface area contributed by atoms with Gasteiger partial charge in [0, 0.05) is 0 Å². The first-order valence-corrected chi connectivity index (χ1v) is 5.83. The Kier molecular flexibility index (Phi) is 4.47. The van der Waals surface area contributed by atoms with Gasteiger partial charge in [-0.3, -0.25) is 4.79 Å². The summed E-state index contributed by atoms with van der Waals surface area (Å²) in [4.78, 5) is 22.2. The second kappa shape index (κ2) is 5.46. The van der Waals surface area contributed by atoms with Gasteiger partial charge in [0.1, 0.15) is 0 Å². The minimum Gasteiger partial charge on any atom is -0.479 e. The zero-order valence-electron chi connectivity index (χ0n) is 9.98. The van der Waals surface area contributed by atoms with Gasteiger partial charge in [-0.15, -0.1) is 0 Å². The normalized spacial score (nSPS) is 30.6. The Balaban J connectivity index is 2.48. The number of carboxylic acids is 1. The first kappa shape index (κ1) is 13.9. The lowest BCUT2D eigenvalue weighted by Crippen LogP contribution is -2.57. The average Bonchev–Trinajstić information content (AvgIpc) is 2.24. The van der Waals surface area contributed by atoms with Gasteiger partial charge in [-0.1, -0.05) is 19.8 Å². The zero-order chi connectivity index (χ0) is 13.1. The molecular formula is C11H20N2O4. The molecule has 17 heavy (non-hydrogen) atoms. The number of carbonyl (C=O) groups excluding carboxylic acids is 1. The van der Waals surface area contributed by atoms with E-state index in [9.17, 15) is 9.59 Å². The van der Waals surface area contributed by atoms with Gasteiger partial charge in [0.05, 0.1) is 12.1 Å². The predicted octanol–water partition coefficient (Wildman–Crippen LogP) is -0.544. The predicted molar refractivity (Wildman–Crippen MR) is 61.2 cm³/mol. The van der Waals surface area contributed by atoms with Crippen LogP contribution >= 0.6 is 0 Å². The van der Waals surface area contributed by atoms with Crippen molar-refractivity contribution in [2.45, 2.75) is 44.2 Å². The summed E-state index contributed by atoms with van der Waals surface area (Å²) < 4.78 is 0. The molecule has 0 bridgehead atoms. The lowest BCUT2D eigenvalue weighted by Gasteiger charge is -2.35. The Morgan fingerprint density at radius 3 is 2.76 bits per heavy atom. The number of rotatable bonds is 4. The fraction of sp³-hybridized carbons (Fsp3) is 0.818. The Bertz CT molecular complexity index is 308. The quantitative estimate of drug-likeness (QED) is 0.530. The summed E-state index contributed by atoms with van der Waals surface area (Å²) in [5.41, 5.74) is 5.09. The van der Waals surface area contributed by atoms with Gasteiger partial charge in [0.15, 0.2) is 6.10 Å². The monoisotopic (exact) mass is 244 g/mol. The molecule has 0 saturated heterocycles. The molecule has 0 radical (unpaired) electrons. The molecule has 2 unspecified atom stereocenters. The van der Waals surface area contributed by atoms with Gasteiger partial charge >= 0.3 is 5.97 Å². The van der Waals surface area contributed by atoms with Crippen molar-refractivity contribution in [2.75, 3.05) is 6.54 Å². The van der Waals surface area contributed by atoms with Crippen LogP contribution < -0.4 is 11.1 Å². The number of aliphatic hydroxyl groups excluding tert-OH is 1. The maximum absolute atomic E-state index is 11.9. The molecule has 0 spiro atoms. The van der Waals surface area contributed by atoms with E-state index >= 15 is 0 Å². The third-order valence-corrected chi connectivity index (χ3v) is 3.23. The van der Waals surface area contributed by atoms with Crippen LogP contribution in [0, 0.1) is 5.92 Å². The summed E-state index contributed by atoms with van der Waals surface area (Å²) in [6.07, 6.45) is 1.58. The van der Waals surface area contributed by atoms with Gasteiger partial charge in [-0.25, -0.2) is 4.79 Å². The summed E-state index contributed by atoms with van der Waals surface area (Å²) in [5.74, 6) is -1.33. The number of hydrogen-bond acceptors (Lipinski definition) is 4. The summed E-state index contributed by atoms with van der Waals surface area (Å²) in [7, 11) is 0. The molecule has 3 atom stereocenters. The maximum atomic E-state index is 11.9. The molecule has 6 nitrogen and oxygen atoms in total. The fourth-order valence-electron chi connectivity index (χ4n) is 2.25. The molecule has 0 aromatic heterocycles. The molecule has 1 saturated carbocycles. The fourth-order valence-corrected chi connectivity index (χ4v) is 2.25. The molecular weight excluding hydrogens is 224 g/mol. The highest BCUT2D eigenvalue weighted by molar-refractivity contribution is 5.86. The van der Waals surface area contributed by atoms with Crippen molar-refractivity contribution in [3.8, 4) is 0 Å². The van der Waals surface area contributed by atoms with Crippen molar-refractivity contribution in [1.82, 2.24) is 5.32 Å². The lowest BCUT2D eigenvalue weighted by atomic mass is 9.76. The number of nitrogens with one attached hydrogen (secondary N) is 1. The second-order valence-electron chi connectivity index (χ2n) is 4.92. The molecule has 0 aromatic rings. The Morgan fingerprint density at radius 2 is 2.24 bits per heavy atom. The first-order chi connectivity index (χ1) is 7.85. The molecule has 0 aromatic carbocycles. The van der Waals surface area contributed by atoms with Crippen LogP contribution in [0.15, 0.2) is 0 Å². The van der Waals surface area contributed by atoms with E-state index in [1.54, 1.807) is 0 Å². The number of carbonyl (C=O) groups is 2. The van der Waals surface area contributed by atoms with Crippen molar-refractivity contribution in [3.63, 3.8) is 0 Å². The van der Waals surface area contributed by atoms with Crippen molar-refractivity contribution < 1.29 is 19.8 Å². The molecule has 1 aliphatic rings. The van der Waals surface area contributed by atoms with E-state index in [0.717, 1.165) is 12.8 Å². The molecule has 0 heterocycles. The molecule has 1 aliphatic carbocycles.